The van der Waals surface area contributed by atoms with Gasteiger partial charge in [-0.1, -0.05) is 0 Å². The standard InChI is InChI=1S/C16H27NO3/c1-12-13(10-17-14-5-6-14)9-15(20-12)11-18-7-8-19-16(2,3)4/h9,14,17H,5-8,10-11H2,1-4H3. The monoisotopic (exact) mass is 281 g/mol. The third-order valence-electron chi connectivity index (χ3n) is 3.24. The van der Waals surface area contributed by atoms with E-state index in [1.165, 1.54) is 18.4 Å². The van der Waals surface area contributed by atoms with Crippen molar-refractivity contribution >= 4 is 0 Å². The zero-order valence-corrected chi connectivity index (χ0v) is 13.1. The second-order valence-electron chi connectivity index (χ2n) is 6.46. The molecule has 2 rings (SSSR count). The summed E-state index contributed by atoms with van der Waals surface area (Å²) in [5.41, 5.74) is 1.13. The number of hydrogen-bond donors (Lipinski definition) is 1. The van der Waals surface area contributed by atoms with E-state index in [2.05, 4.69) is 11.4 Å². The Morgan fingerprint density at radius 2 is 2.05 bits per heavy atom. The zero-order chi connectivity index (χ0) is 14.6. The lowest BCUT2D eigenvalue weighted by atomic mass is 10.2. The molecule has 1 fully saturated rings. The first-order valence-corrected chi connectivity index (χ1v) is 7.47. The number of furan rings is 1. The molecule has 0 bridgehead atoms. The SMILES string of the molecule is Cc1oc(COCCOC(C)(C)C)cc1CNC1CC1. The number of ether oxygens (including phenoxy) is 2. The van der Waals surface area contributed by atoms with Crippen molar-refractivity contribution in [2.75, 3.05) is 13.2 Å². The van der Waals surface area contributed by atoms with Gasteiger partial charge in [0.25, 0.3) is 0 Å². The summed E-state index contributed by atoms with van der Waals surface area (Å²) in [5.74, 6) is 1.88. The third kappa shape index (κ3) is 5.65. The third-order valence-corrected chi connectivity index (χ3v) is 3.24. The molecule has 1 heterocycles. The minimum atomic E-state index is -0.105. The molecule has 0 amide bonds. The maximum atomic E-state index is 5.71. The van der Waals surface area contributed by atoms with E-state index < -0.39 is 0 Å². The van der Waals surface area contributed by atoms with Crippen molar-refractivity contribution in [2.24, 2.45) is 0 Å². The molecule has 1 aromatic heterocycles. The fraction of sp³-hybridized carbons (Fsp3) is 0.750. The van der Waals surface area contributed by atoms with Gasteiger partial charge in [-0.05, 0) is 46.6 Å². The summed E-state index contributed by atoms with van der Waals surface area (Å²) in [6.07, 6.45) is 2.61. The highest BCUT2D eigenvalue weighted by atomic mass is 16.5. The Hall–Kier alpha value is -0.840. The molecule has 4 nitrogen and oxygen atoms in total. The van der Waals surface area contributed by atoms with Crippen LogP contribution in [-0.4, -0.2) is 24.9 Å². The number of rotatable bonds is 8. The highest BCUT2D eigenvalue weighted by Crippen LogP contribution is 2.21. The van der Waals surface area contributed by atoms with Crippen LogP contribution in [0.1, 0.15) is 50.7 Å². The first-order valence-electron chi connectivity index (χ1n) is 7.47. The van der Waals surface area contributed by atoms with Crippen molar-refractivity contribution in [1.82, 2.24) is 5.32 Å². The molecule has 1 N–H and O–H groups in total. The molecule has 1 saturated carbocycles. The molecular formula is C16H27NO3. The van der Waals surface area contributed by atoms with Gasteiger partial charge in [0.05, 0.1) is 18.8 Å². The van der Waals surface area contributed by atoms with Crippen molar-refractivity contribution in [3.8, 4) is 0 Å². The van der Waals surface area contributed by atoms with Gasteiger partial charge in [-0.3, -0.25) is 0 Å². The molecule has 0 aliphatic heterocycles. The summed E-state index contributed by atoms with van der Waals surface area (Å²) in [7, 11) is 0. The summed E-state index contributed by atoms with van der Waals surface area (Å²) in [4.78, 5) is 0. The first-order chi connectivity index (χ1) is 9.44. The lowest BCUT2D eigenvalue weighted by Gasteiger charge is -2.19. The smallest absolute Gasteiger partial charge is 0.130 e. The van der Waals surface area contributed by atoms with Gasteiger partial charge in [0.2, 0.25) is 0 Å². The largest absolute Gasteiger partial charge is 0.464 e. The lowest BCUT2D eigenvalue weighted by Crippen LogP contribution is -2.21. The molecule has 114 valence electrons. The van der Waals surface area contributed by atoms with Crippen LogP contribution in [0.3, 0.4) is 0 Å². The van der Waals surface area contributed by atoms with Gasteiger partial charge >= 0.3 is 0 Å². The summed E-state index contributed by atoms with van der Waals surface area (Å²) < 4.78 is 16.9. The van der Waals surface area contributed by atoms with E-state index in [1.54, 1.807) is 0 Å². The minimum absolute atomic E-state index is 0.105. The van der Waals surface area contributed by atoms with Crippen LogP contribution < -0.4 is 5.32 Å². The molecule has 1 aromatic rings. The summed E-state index contributed by atoms with van der Waals surface area (Å²) in [6.45, 7) is 10.7. The lowest BCUT2D eigenvalue weighted by molar-refractivity contribution is -0.0395. The van der Waals surface area contributed by atoms with E-state index in [4.69, 9.17) is 13.9 Å². The number of hydrogen-bond acceptors (Lipinski definition) is 4. The van der Waals surface area contributed by atoms with Crippen LogP contribution in [0, 0.1) is 6.92 Å². The molecule has 0 radical (unpaired) electrons. The highest BCUT2D eigenvalue weighted by molar-refractivity contribution is 5.20. The number of nitrogens with one attached hydrogen (secondary N) is 1. The second kappa shape index (κ2) is 6.74. The van der Waals surface area contributed by atoms with Crippen molar-refractivity contribution < 1.29 is 13.9 Å². The summed E-state index contributed by atoms with van der Waals surface area (Å²) in [5, 5.41) is 3.50. The van der Waals surface area contributed by atoms with Crippen LogP contribution in [0.15, 0.2) is 10.5 Å². The molecule has 0 saturated heterocycles. The van der Waals surface area contributed by atoms with E-state index in [-0.39, 0.29) is 5.60 Å². The maximum absolute atomic E-state index is 5.71. The second-order valence-corrected chi connectivity index (χ2v) is 6.46. The number of aryl methyl sites for hydroxylation is 1. The van der Waals surface area contributed by atoms with Crippen LogP contribution in [0.4, 0.5) is 0 Å². The normalized spacial score (nSPS) is 15.8. The Morgan fingerprint density at radius 1 is 1.30 bits per heavy atom. The Bertz CT molecular complexity index is 416. The average Bonchev–Trinajstić information content (AvgIpc) is 3.10. The van der Waals surface area contributed by atoms with Crippen LogP contribution in [0.5, 0.6) is 0 Å². The topological polar surface area (TPSA) is 43.6 Å². The first kappa shape index (κ1) is 15.5. The molecule has 4 heteroatoms. The van der Waals surface area contributed by atoms with Crippen LogP contribution in [0.2, 0.25) is 0 Å². The molecule has 1 aliphatic rings. The fourth-order valence-electron chi connectivity index (χ4n) is 1.96. The van der Waals surface area contributed by atoms with Gasteiger partial charge in [0.1, 0.15) is 18.1 Å². The molecule has 1 aliphatic carbocycles. The fourth-order valence-corrected chi connectivity index (χ4v) is 1.96. The van der Waals surface area contributed by atoms with Gasteiger partial charge in [-0.2, -0.15) is 0 Å². The Balaban J connectivity index is 1.66. The minimum Gasteiger partial charge on any atom is -0.464 e. The van der Waals surface area contributed by atoms with Gasteiger partial charge in [0.15, 0.2) is 0 Å². The van der Waals surface area contributed by atoms with Crippen LogP contribution >= 0.6 is 0 Å². The van der Waals surface area contributed by atoms with Crippen molar-refractivity contribution in [3.63, 3.8) is 0 Å². The van der Waals surface area contributed by atoms with Crippen molar-refractivity contribution in [2.45, 2.75) is 65.3 Å². The Kier molecular flexibility index (Phi) is 5.24. The Labute approximate surface area is 121 Å². The Morgan fingerprint density at radius 3 is 2.70 bits per heavy atom. The maximum Gasteiger partial charge on any atom is 0.130 e. The van der Waals surface area contributed by atoms with E-state index in [1.807, 2.05) is 27.7 Å². The van der Waals surface area contributed by atoms with Gasteiger partial charge in [-0.25, -0.2) is 0 Å². The molecule has 0 spiro atoms. The van der Waals surface area contributed by atoms with Gasteiger partial charge in [0, 0.05) is 18.2 Å². The molecule has 20 heavy (non-hydrogen) atoms. The molecule has 0 unspecified atom stereocenters. The zero-order valence-electron chi connectivity index (χ0n) is 13.1. The van der Waals surface area contributed by atoms with Crippen LogP contribution in [-0.2, 0) is 22.6 Å². The van der Waals surface area contributed by atoms with Crippen molar-refractivity contribution in [1.29, 1.82) is 0 Å². The predicted molar refractivity (Wildman–Crippen MR) is 78.7 cm³/mol. The molecular weight excluding hydrogens is 254 g/mol. The summed E-state index contributed by atoms with van der Waals surface area (Å²) >= 11 is 0. The molecule has 0 aromatic carbocycles. The van der Waals surface area contributed by atoms with E-state index >= 15 is 0 Å². The van der Waals surface area contributed by atoms with Crippen LogP contribution in [0.25, 0.3) is 0 Å². The van der Waals surface area contributed by atoms with Gasteiger partial charge < -0.3 is 19.2 Å². The highest BCUT2D eigenvalue weighted by Gasteiger charge is 2.20. The van der Waals surface area contributed by atoms with E-state index in [0.29, 0.717) is 19.8 Å². The average molecular weight is 281 g/mol. The van der Waals surface area contributed by atoms with E-state index in [9.17, 15) is 0 Å². The molecule has 0 atom stereocenters. The van der Waals surface area contributed by atoms with E-state index in [0.717, 1.165) is 24.1 Å². The van der Waals surface area contributed by atoms with Crippen molar-refractivity contribution in [3.05, 3.63) is 23.2 Å². The quantitative estimate of drug-likeness (QED) is 0.743. The predicted octanol–water partition coefficient (Wildman–Crippen LogP) is 3.17. The van der Waals surface area contributed by atoms with Gasteiger partial charge in [-0.15, -0.1) is 0 Å². The summed E-state index contributed by atoms with van der Waals surface area (Å²) in [6, 6.07) is 2.81.